The predicted octanol–water partition coefficient (Wildman–Crippen LogP) is 1.85. The molecule has 0 unspecified atom stereocenters. The lowest BCUT2D eigenvalue weighted by Gasteiger charge is -2.61. The molecule has 1 saturated heterocycles. The quantitative estimate of drug-likeness (QED) is 0.666. The van der Waals surface area contributed by atoms with Gasteiger partial charge in [0.05, 0.1) is 5.60 Å². The van der Waals surface area contributed by atoms with Gasteiger partial charge in [-0.1, -0.05) is 18.9 Å². The molecule has 3 aliphatic rings. The Morgan fingerprint density at radius 3 is 2.89 bits per heavy atom. The van der Waals surface area contributed by atoms with Crippen LogP contribution >= 0.6 is 0 Å². The van der Waals surface area contributed by atoms with Gasteiger partial charge in [-0.2, -0.15) is 0 Å². The highest BCUT2D eigenvalue weighted by Gasteiger charge is 2.61. The number of benzene rings is 1. The second-order valence-corrected chi connectivity index (χ2v) is 6.52. The molecule has 3 atom stereocenters. The monoisotopic (exact) mass is 259 g/mol. The molecule has 3 heteroatoms. The van der Waals surface area contributed by atoms with Crippen molar-refractivity contribution in [1.29, 1.82) is 0 Å². The summed E-state index contributed by atoms with van der Waals surface area (Å²) >= 11 is 0. The molecule has 0 radical (unpaired) electrons. The van der Waals surface area contributed by atoms with Crippen LogP contribution in [-0.4, -0.2) is 28.4 Å². The lowest BCUT2D eigenvalue weighted by atomic mass is 9.50. The first-order chi connectivity index (χ1) is 9.16. The van der Waals surface area contributed by atoms with Crippen molar-refractivity contribution in [3.05, 3.63) is 29.3 Å². The summed E-state index contributed by atoms with van der Waals surface area (Å²) in [6.07, 6.45) is 6.11. The molecule has 4 rings (SSSR count). The van der Waals surface area contributed by atoms with Crippen molar-refractivity contribution in [2.45, 2.75) is 55.6 Å². The van der Waals surface area contributed by atoms with Crippen LogP contribution in [0.5, 0.6) is 5.75 Å². The number of hydrogen-bond donors (Lipinski definition) is 3. The highest BCUT2D eigenvalue weighted by atomic mass is 16.3. The minimum absolute atomic E-state index is 0.131. The fourth-order valence-electron chi connectivity index (χ4n) is 4.91. The molecular formula is C16H21NO2. The van der Waals surface area contributed by atoms with Crippen molar-refractivity contribution < 1.29 is 10.2 Å². The second kappa shape index (κ2) is 3.74. The number of hydrogen-bond acceptors (Lipinski definition) is 3. The summed E-state index contributed by atoms with van der Waals surface area (Å²) in [5.74, 6) is 0.332. The van der Waals surface area contributed by atoms with E-state index >= 15 is 0 Å². The summed E-state index contributed by atoms with van der Waals surface area (Å²) < 4.78 is 0. The maximum Gasteiger partial charge on any atom is 0.115 e. The van der Waals surface area contributed by atoms with E-state index < -0.39 is 5.60 Å². The Kier molecular flexibility index (Phi) is 2.31. The molecule has 102 valence electrons. The van der Waals surface area contributed by atoms with E-state index in [1.807, 2.05) is 12.1 Å². The lowest BCUT2D eigenvalue weighted by Crippen LogP contribution is -2.71. The van der Waals surface area contributed by atoms with E-state index in [9.17, 15) is 10.2 Å². The molecular weight excluding hydrogens is 238 g/mol. The van der Waals surface area contributed by atoms with Crippen molar-refractivity contribution in [2.24, 2.45) is 0 Å². The average Bonchev–Trinajstić information content (AvgIpc) is 2.39. The van der Waals surface area contributed by atoms with Crippen LogP contribution in [-0.2, 0) is 11.8 Å². The molecule has 1 aliphatic heterocycles. The zero-order valence-corrected chi connectivity index (χ0v) is 11.2. The summed E-state index contributed by atoms with van der Waals surface area (Å²) in [6.45, 7) is 0.974. The van der Waals surface area contributed by atoms with Crippen LogP contribution < -0.4 is 5.32 Å². The molecule has 1 aromatic rings. The zero-order chi connectivity index (χ0) is 13.1. The van der Waals surface area contributed by atoms with Gasteiger partial charge in [-0.05, 0) is 55.5 Å². The van der Waals surface area contributed by atoms with Gasteiger partial charge in [-0.15, -0.1) is 0 Å². The molecule has 1 aromatic carbocycles. The number of nitrogens with one attached hydrogen (secondary N) is 1. The number of piperidine rings is 1. The standard InChI is InChI=1S/C16H21NO2/c18-12-4-3-11-9-14-16(19)6-2-1-5-15(16,7-8-17-14)13(11)10-12/h3-4,10,14,17-19H,1-2,5-9H2/t14-,15+,16+/m0/s1. The molecule has 3 N–H and O–H groups in total. The van der Waals surface area contributed by atoms with E-state index in [2.05, 4.69) is 5.32 Å². The third kappa shape index (κ3) is 1.35. The summed E-state index contributed by atoms with van der Waals surface area (Å²) in [6, 6.07) is 5.91. The predicted molar refractivity (Wildman–Crippen MR) is 73.3 cm³/mol. The van der Waals surface area contributed by atoms with Crippen molar-refractivity contribution in [3.8, 4) is 5.75 Å². The first-order valence-electron chi connectivity index (χ1n) is 7.44. The van der Waals surface area contributed by atoms with Gasteiger partial charge in [0, 0.05) is 11.5 Å². The summed E-state index contributed by atoms with van der Waals surface area (Å²) in [5, 5.41) is 24.7. The first-order valence-corrected chi connectivity index (χ1v) is 7.44. The van der Waals surface area contributed by atoms with Gasteiger partial charge >= 0.3 is 0 Å². The maximum absolute atomic E-state index is 11.4. The number of fused-ring (bicyclic) bond motifs is 1. The molecule has 0 spiro atoms. The zero-order valence-electron chi connectivity index (χ0n) is 11.2. The fraction of sp³-hybridized carbons (Fsp3) is 0.625. The van der Waals surface area contributed by atoms with Crippen molar-refractivity contribution in [1.82, 2.24) is 5.32 Å². The van der Waals surface area contributed by atoms with Crippen LogP contribution in [0.15, 0.2) is 18.2 Å². The van der Waals surface area contributed by atoms with Gasteiger partial charge in [-0.3, -0.25) is 0 Å². The molecule has 2 bridgehead atoms. The molecule has 2 fully saturated rings. The summed E-state index contributed by atoms with van der Waals surface area (Å²) in [7, 11) is 0. The van der Waals surface area contributed by atoms with Crippen LogP contribution in [0.1, 0.15) is 43.2 Å². The average molecular weight is 259 g/mol. The van der Waals surface area contributed by atoms with Gasteiger partial charge in [0.1, 0.15) is 5.75 Å². The number of phenols is 1. The minimum atomic E-state index is -0.621. The van der Waals surface area contributed by atoms with Gasteiger partial charge in [0.2, 0.25) is 0 Å². The largest absolute Gasteiger partial charge is 0.508 e. The van der Waals surface area contributed by atoms with Crippen LogP contribution in [0.2, 0.25) is 0 Å². The smallest absolute Gasteiger partial charge is 0.115 e. The molecule has 1 saturated carbocycles. The maximum atomic E-state index is 11.4. The molecule has 0 aromatic heterocycles. The highest BCUT2D eigenvalue weighted by Crippen LogP contribution is 2.56. The van der Waals surface area contributed by atoms with E-state index in [0.717, 1.165) is 38.6 Å². The van der Waals surface area contributed by atoms with Gasteiger partial charge in [0.25, 0.3) is 0 Å². The topological polar surface area (TPSA) is 52.5 Å². The molecule has 0 amide bonds. The summed E-state index contributed by atoms with van der Waals surface area (Å²) in [4.78, 5) is 0. The van der Waals surface area contributed by atoms with E-state index in [0.29, 0.717) is 5.75 Å². The van der Waals surface area contributed by atoms with E-state index in [-0.39, 0.29) is 11.5 Å². The minimum Gasteiger partial charge on any atom is -0.508 e. The Morgan fingerprint density at radius 1 is 1.16 bits per heavy atom. The van der Waals surface area contributed by atoms with Crippen molar-refractivity contribution in [3.63, 3.8) is 0 Å². The Morgan fingerprint density at radius 2 is 2.00 bits per heavy atom. The van der Waals surface area contributed by atoms with E-state index in [4.69, 9.17) is 0 Å². The van der Waals surface area contributed by atoms with Crippen LogP contribution in [0, 0.1) is 0 Å². The Bertz CT molecular complexity index is 525. The third-order valence-corrected chi connectivity index (χ3v) is 5.79. The summed E-state index contributed by atoms with van der Waals surface area (Å²) in [5.41, 5.74) is 1.77. The Hall–Kier alpha value is -1.06. The van der Waals surface area contributed by atoms with Gasteiger partial charge in [0.15, 0.2) is 0 Å². The molecule has 2 aliphatic carbocycles. The molecule has 1 heterocycles. The number of phenolic OH excluding ortho intramolecular Hbond substituents is 1. The van der Waals surface area contributed by atoms with Crippen molar-refractivity contribution in [2.75, 3.05) is 6.54 Å². The van der Waals surface area contributed by atoms with Crippen LogP contribution in [0.4, 0.5) is 0 Å². The SMILES string of the molecule is Oc1ccc2c(c1)[C@]13CCCC[C@@]1(O)[C@H](C2)NCC3. The van der Waals surface area contributed by atoms with Crippen LogP contribution in [0.25, 0.3) is 0 Å². The van der Waals surface area contributed by atoms with Crippen LogP contribution in [0.3, 0.4) is 0 Å². The third-order valence-electron chi connectivity index (χ3n) is 5.79. The fourth-order valence-corrected chi connectivity index (χ4v) is 4.91. The normalized spacial score (nSPS) is 40.4. The number of aromatic hydroxyl groups is 1. The number of aliphatic hydroxyl groups is 1. The molecule has 3 nitrogen and oxygen atoms in total. The van der Waals surface area contributed by atoms with Gasteiger partial charge in [-0.25, -0.2) is 0 Å². The lowest BCUT2D eigenvalue weighted by molar-refractivity contribution is -0.124. The number of rotatable bonds is 0. The molecule has 19 heavy (non-hydrogen) atoms. The Labute approximate surface area is 113 Å². The van der Waals surface area contributed by atoms with E-state index in [1.165, 1.54) is 17.5 Å². The van der Waals surface area contributed by atoms with Crippen molar-refractivity contribution >= 4 is 0 Å². The Balaban J connectivity index is 1.97. The van der Waals surface area contributed by atoms with E-state index in [1.54, 1.807) is 6.07 Å². The first kappa shape index (κ1) is 11.7. The van der Waals surface area contributed by atoms with Gasteiger partial charge < -0.3 is 15.5 Å². The second-order valence-electron chi connectivity index (χ2n) is 6.52. The highest BCUT2D eigenvalue weighted by molar-refractivity contribution is 5.47.